The number of hydrogen-bond acceptors (Lipinski definition) is 5. The number of nitrogens with one attached hydrogen (secondary N) is 3. The van der Waals surface area contributed by atoms with Crippen LogP contribution in [0.3, 0.4) is 0 Å². The van der Waals surface area contributed by atoms with Crippen molar-refractivity contribution in [2.45, 2.75) is 19.8 Å². The number of aromatic amines is 1. The molecule has 1 aromatic heterocycles. The van der Waals surface area contributed by atoms with Gasteiger partial charge in [-0.1, -0.05) is 12.1 Å². The highest BCUT2D eigenvalue weighted by Crippen LogP contribution is 2.05. The molecule has 0 aliphatic rings. The Hall–Kier alpha value is -2.77. The zero-order valence-electron chi connectivity index (χ0n) is 11.3. The molecule has 1 heterocycles. The highest BCUT2D eigenvalue weighted by molar-refractivity contribution is 5.77. The predicted octanol–water partition coefficient (Wildman–Crippen LogP) is 0.688. The highest BCUT2D eigenvalue weighted by Gasteiger charge is 2.04. The van der Waals surface area contributed by atoms with E-state index in [1.807, 2.05) is 0 Å². The number of benzene rings is 1. The van der Waals surface area contributed by atoms with E-state index in [1.165, 1.54) is 19.1 Å². The number of aromatic nitrogens is 3. The minimum absolute atomic E-state index is 0.0460. The van der Waals surface area contributed by atoms with Crippen LogP contribution in [0.2, 0.25) is 0 Å². The summed E-state index contributed by atoms with van der Waals surface area (Å²) in [6, 6.07) is 6.06. The van der Waals surface area contributed by atoms with Gasteiger partial charge >= 0.3 is 0 Å². The van der Waals surface area contributed by atoms with Crippen LogP contribution < -0.4 is 16.4 Å². The van der Waals surface area contributed by atoms with Crippen molar-refractivity contribution in [3.63, 3.8) is 0 Å². The second-order valence-corrected chi connectivity index (χ2v) is 4.39. The lowest BCUT2D eigenvalue weighted by molar-refractivity contribution is -0.120. The molecule has 0 atom stereocenters. The van der Waals surface area contributed by atoms with Crippen LogP contribution in [-0.4, -0.2) is 21.1 Å². The zero-order valence-corrected chi connectivity index (χ0v) is 11.3. The number of nitrogens with zero attached hydrogens (tertiary/aromatic N) is 2. The van der Waals surface area contributed by atoms with Gasteiger partial charge in [0.15, 0.2) is 0 Å². The molecule has 0 saturated heterocycles. The topological polar surface area (TPSA) is 99.8 Å². The molecular weight excluding hydrogens is 277 g/mol. The van der Waals surface area contributed by atoms with Gasteiger partial charge in [-0.15, -0.1) is 10.2 Å². The molecule has 110 valence electrons. The van der Waals surface area contributed by atoms with Crippen LogP contribution in [0.15, 0.2) is 29.1 Å². The first kappa shape index (κ1) is 14.6. The molecule has 0 saturated carbocycles. The molecule has 0 radical (unpaired) electrons. The minimum Gasteiger partial charge on any atom is -0.288 e. The number of carbonyl (C=O) groups excluding carboxylic acids is 1. The van der Waals surface area contributed by atoms with Crippen molar-refractivity contribution in [2.24, 2.45) is 0 Å². The first-order valence-corrected chi connectivity index (χ1v) is 6.27. The van der Waals surface area contributed by atoms with E-state index in [2.05, 4.69) is 26.0 Å². The quantitative estimate of drug-likeness (QED) is 0.704. The van der Waals surface area contributed by atoms with E-state index in [0.29, 0.717) is 6.42 Å². The second-order valence-electron chi connectivity index (χ2n) is 4.39. The fraction of sp³-hybridized carbons (Fsp3) is 0.231. The summed E-state index contributed by atoms with van der Waals surface area (Å²) in [5.41, 5.74) is 5.41. The molecule has 8 heteroatoms. The lowest BCUT2D eigenvalue weighted by Gasteiger charge is -2.07. The molecular formula is C13H14FN5O2. The Morgan fingerprint density at radius 3 is 2.90 bits per heavy atom. The maximum Gasteiger partial charge on any atom is 0.274 e. The summed E-state index contributed by atoms with van der Waals surface area (Å²) >= 11 is 0. The van der Waals surface area contributed by atoms with Gasteiger partial charge in [0.05, 0.1) is 0 Å². The molecule has 0 aliphatic heterocycles. The van der Waals surface area contributed by atoms with Crippen LogP contribution in [0.5, 0.6) is 0 Å². The number of halogens is 1. The van der Waals surface area contributed by atoms with E-state index in [4.69, 9.17) is 0 Å². The number of hydrazine groups is 1. The van der Waals surface area contributed by atoms with Crippen molar-refractivity contribution < 1.29 is 9.18 Å². The molecule has 7 nitrogen and oxygen atoms in total. The molecule has 0 aliphatic carbocycles. The van der Waals surface area contributed by atoms with Crippen molar-refractivity contribution in [2.75, 3.05) is 5.43 Å². The summed E-state index contributed by atoms with van der Waals surface area (Å²) < 4.78 is 13.0. The van der Waals surface area contributed by atoms with E-state index < -0.39 is 0 Å². The van der Waals surface area contributed by atoms with E-state index in [-0.39, 0.29) is 35.3 Å². The summed E-state index contributed by atoms with van der Waals surface area (Å²) in [7, 11) is 0. The Balaban J connectivity index is 1.82. The Labute approximate surface area is 119 Å². The molecule has 1 amide bonds. The van der Waals surface area contributed by atoms with Crippen LogP contribution >= 0.6 is 0 Å². The Bertz CT molecular complexity index is 701. The molecule has 0 fully saturated rings. The normalized spacial score (nSPS) is 10.2. The lowest BCUT2D eigenvalue weighted by Crippen LogP contribution is -2.32. The molecule has 3 N–H and O–H groups in total. The van der Waals surface area contributed by atoms with Crippen molar-refractivity contribution in [1.29, 1.82) is 0 Å². The van der Waals surface area contributed by atoms with Crippen molar-refractivity contribution in [3.8, 4) is 0 Å². The number of carbonyl (C=O) groups is 1. The maximum absolute atomic E-state index is 13.0. The van der Waals surface area contributed by atoms with Gasteiger partial charge in [0.2, 0.25) is 11.9 Å². The predicted molar refractivity (Wildman–Crippen MR) is 73.9 cm³/mol. The summed E-state index contributed by atoms with van der Waals surface area (Å²) in [6.45, 7) is 1.52. The van der Waals surface area contributed by atoms with Gasteiger partial charge in [-0.2, -0.15) is 0 Å². The standard InChI is InChI=1S/C13H14FN5O2/c1-8-12(21)15-13(18-16-8)19-17-11(20)6-5-9-3-2-4-10(14)7-9/h2-4,7H,5-6H2,1H3,(H,17,20)(H2,15,18,19,21). The molecule has 21 heavy (non-hydrogen) atoms. The van der Waals surface area contributed by atoms with Crippen LogP contribution in [0.4, 0.5) is 10.3 Å². The average Bonchev–Trinajstić information content (AvgIpc) is 2.46. The lowest BCUT2D eigenvalue weighted by atomic mass is 10.1. The fourth-order valence-corrected chi connectivity index (χ4v) is 1.59. The van der Waals surface area contributed by atoms with Crippen LogP contribution in [-0.2, 0) is 11.2 Å². The van der Waals surface area contributed by atoms with Crippen LogP contribution in [0, 0.1) is 12.7 Å². The Kier molecular flexibility index (Phi) is 4.60. The molecule has 0 bridgehead atoms. The van der Waals surface area contributed by atoms with Gasteiger partial charge in [0.1, 0.15) is 11.5 Å². The largest absolute Gasteiger partial charge is 0.288 e. The van der Waals surface area contributed by atoms with Gasteiger partial charge in [-0.05, 0) is 31.0 Å². The molecule has 2 aromatic rings. The molecule has 1 aromatic carbocycles. The van der Waals surface area contributed by atoms with E-state index in [1.54, 1.807) is 12.1 Å². The summed E-state index contributed by atoms with van der Waals surface area (Å²) in [6.07, 6.45) is 0.571. The summed E-state index contributed by atoms with van der Waals surface area (Å²) in [4.78, 5) is 25.3. The molecule has 2 rings (SSSR count). The third kappa shape index (κ3) is 4.37. The molecule has 0 unspecified atom stereocenters. The Morgan fingerprint density at radius 2 is 2.19 bits per heavy atom. The maximum atomic E-state index is 13.0. The Morgan fingerprint density at radius 1 is 1.38 bits per heavy atom. The molecule has 0 spiro atoms. The van der Waals surface area contributed by atoms with Gasteiger partial charge in [-0.3, -0.25) is 25.4 Å². The number of H-pyrrole nitrogens is 1. The van der Waals surface area contributed by atoms with Crippen LogP contribution in [0.1, 0.15) is 17.7 Å². The number of rotatable bonds is 5. The van der Waals surface area contributed by atoms with Gasteiger partial charge in [0.25, 0.3) is 5.56 Å². The van der Waals surface area contributed by atoms with Gasteiger partial charge < -0.3 is 0 Å². The smallest absolute Gasteiger partial charge is 0.274 e. The second kappa shape index (κ2) is 6.60. The van der Waals surface area contributed by atoms with Gasteiger partial charge in [0, 0.05) is 6.42 Å². The highest BCUT2D eigenvalue weighted by atomic mass is 19.1. The SMILES string of the molecule is Cc1nnc(NNC(=O)CCc2cccc(F)c2)[nH]c1=O. The van der Waals surface area contributed by atoms with Crippen LogP contribution in [0.25, 0.3) is 0 Å². The van der Waals surface area contributed by atoms with Crippen molar-refractivity contribution in [1.82, 2.24) is 20.6 Å². The van der Waals surface area contributed by atoms with E-state index >= 15 is 0 Å². The number of aryl methyl sites for hydroxylation is 2. The van der Waals surface area contributed by atoms with Crippen molar-refractivity contribution >= 4 is 11.9 Å². The first-order valence-electron chi connectivity index (χ1n) is 6.27. The summed E-state index contributed by atoms with van der Waals surface area (Å²) in [5.74, 6) is -0.606. The first-order chi connectivity index (χ1) is 10.0. The van der Waals surface area contributed by atoms with E-state index in [0.717, 1.165) is 5.56 Å². The minimum atomic E-state index is -0.387. The zero-order chi connectivity index (χ0) is 15.2. The number of amides is 1. The number of hydrogen-bond donors (Lipinski definition) is 3. The third-order valence-corrected chi connectivity index (χ3v) is 2.71. The third-order valence-electron chi connectivity index (χ3n) is 2.71. The number of anilines is 1. The van der Waals surface area contributed by atoms with Crippen molar-refractivity contribution in [3.05, 3.63) is 51.7 Å². The summed E-state index contributed by atoms with van der Waals surface area (Å²) in [5, 5.41) is 7.27. The van der Waals surface area contributed by atoms with Gasteiger partial charge in [-0.25, -0.2) is 4.39 Å². The van der Waals surface area contributed by atoms with E-state index in [9.17, 15) is 14.0 Å². The fourth-order valence-electron chi connectivity index (χ4n) is 1.59. The monoisotopic (exact) mass is 291 g/mol. The average molecular weight is 291 g/mol.